The summed E-state index contributed by atoms with van der Waals surface area (Å²) < 4.78 is 103. The normalized spacial score (nSPS) is 19.0. The summed E-state index contributed by atoms with van der Waals surface area (Å²) in [6.07, 6.45) is -9.42. The molecule has 0 radical (unpaired) electrons. The van der Waals surface area contributed by atoms with Crippen LogP contribution in [0, 0.1) is 19.3 Å². The Morgan fingerprint density at radius 1 is 0.943 bits per heavy atom. The van der Waals surface area contributed by atoms with Crippen LogP contribution in [0.25, 0.3) is 11.1 Å². The molecule has 2 fully saturated rings. The van der Waals surface area contributed by atoms with E-state index < -0.39 is 33.4 Å². The Labute approximate surface area is 199 Å². The molecule has 4 nitrogen and oxygen atoms in total. The average molecular weight is 522 g/mol. The minimum absolute atomic E-state index is 0.0343. The number of alkyl halides is 6. The van der Waals surface area contributed by atoms with Crippen molar-refractivity contribution in [2.45, 2.75) is 49.9 Å². The first-order valence-electron chi connectivity index (χ1n) is 10.9. The quantitative estimate of drug-likeness (QED) is 0.556. The number of hydrogen-bond donors (Lipinski definition) is 1. The molecule has 0 bridgehead atoms. The Morgan fingerprint density at radius 3 is 2.00 bits per heavy atom. The van der Waals surface area contributed by atoms with Gasteiger partial charge in [0.1, 0.15) is 9.84 Å². The first-order chi connectivity index (χ1) is 15.9. The van der Waals surface area contributed by atoms with Gasteiger partial charge in [-0.3, -0.25) is 0 Å². The second-order valence-corrected chi connectivity index (χ2v) is 12.2. The molecule has 1 aliphatic carbocycles. The third kappa shape index (κ3) is 4.10. The molecule has 1 spiro atoms. The van der Waals surface area contributed by atoms with E-state index in [0.29, 0.717) is 43.1 Å². The number of anilines is 1. The summed E-state index contributed by atoms with van der Waals surface area (Å²) in [5, 5.41) is 9.39. The fraction of sp³-hybridized carbons (Fsp3) is 0.500. The highest BCUT2D eigenvalue weighted by atomic mass is 32.2. The van der Waals surface area contributed by atoms with Crippen LogP contribution < -0.4 is 4.90 Å². The molecule has 2 aromatic carbocycles. The lowest BCUT2D eigenvalue weighted by atomic mass is 9.63. The lowest BCUT2D eigenvalue weighted by molar-refractivity contribution is -0.376. The number of rotatable bonds is 4. The smallest absolute Gasteiger partial charge is 0.370 e. The summed E-state index contributed by atoms with van der Waals surface area (Å²) in [5.41, 5.74) is -3.35. The Balaban J connectivity index is 1.61. The minimum atomic E-state index is -5.94. The van der Waals surface area contributed by atoms with Crippen molar-refractivity contribution < 1.29 is 39.9 Å². The van der Waals surface area contributed by atoms with E-state index in [-0.39, 0.29) is 16.2 Å². The first-order valence-corrected chi connectivity index (χ1v) is 12.9. The second kappa shape index (κ2) is 7.86. The third-order valence-corrected chi connectivity index (χ3v) is 8.92. The molecule has 192 valence electrons. The van der Waals surface area contributed by atoms with Gasteiger partial charge in [-0.05, 0) is 55.0 Å². The number of benzene rings is 2. The number of sulfone groups is 1. The van der Waals surface area contributed by atoms with Crippen molar-refractivity contribution in [2.24, 2.45) is 5.41 Å². The molecule has 0 atom stereocenters. The third-order valence-electron chi connectivity index (χ3n) is 7.38. The maximum Gasteiger partial charge on any atom is 0.430 e. The largest absolute Gasteiger partial charge is 0.430 e. The van der Waals surface area contributed by atoms with Gasteiger partial charge in [0, 0.05) is 36.0 Å². The monoisotopic (exact) mass is 521 g/mol. The lowest BCUT2D eigenvalue weighted by Gasteiger charge is -2.59. The molecule has 0 aromatic heterocycles. The number of aliphatic hydroxyl groups is 1. The molecular weight excluding hydrogens is 496 g/mol. The summed E-state index contributed by atoms with van der Waals surface area (Å²) in [5.74, 6) is 0. The zero-order valence-electron chi connectivity index (χ0n) is 19.3. The van der Waals surface area contributed by atoms with Gasteiger partial charge in [0.05, 0.1) is 5.25 Å². The summed E-state index contributed by atoms with van der Waals surface area (Å²) >= 11 is 0. The topological polar surface area (TPSA) is 57.6 Å². The summed E-state index contributed by atoms with van der Waals surface area (Å²) in [6.45, 7) is 4.60. The molecule has 11 heteroatoms. The van der Waals surface area contributed by atoms with E-state index in [4.69, 9.17) is 0 Å². The molecule has 0 amide bonds. The highest BCUT2D eigenvalue weighted by Crippen LogP contribution is 2.53. The summed E-state index contributed by atoms with van der Waals surface area (Å²) in [7, 11) is -3.06. The molecule has 4 rings (SSSR count). The maximum atomic E-state index is 13.3. The predicted octanol–water partition coefficient (Wildman–Crippen LogP) is 5.30. The Bertz CT molecular complexity index is 1240. The van der Waals surface area contributed by atoms with Crippen molar-refractivity contribution >= 4 is 15.5 Å². The molecule has 0 unspecified atom stereocenters. The maximum absolute atomic E-state index is 13.3. The molecule has 1 saturated heterocycles. The second-order valence-electron chi connectivity index (χ2n) is 9.90. The van der Waals surface area contributed by atoms with Crippen molar-refractivity contribution in [1.29, 1.82) is 0 Å². The molecule has 2 aliphatic rings. The summed E-state index contributed by atoms with van der Waals surface area (Å²) in [4.78, 5) is 2.10. The molecule has 35 heavy (non-hydrogen) atoms. The zero-order chi connectivity index (χ0) is 26.2. The lowest BCUT2D eigenvalue weighted by Crippen LogP contribution is -2.65. The van der Waals surface area contributed by atoms with Gasteiger partial charge in [0.2, 0.25) is 0 Å². The van der Waals surface area contributed by atoms with Gasteiger partial charge < -0.3 is 10.0 Å². The van der Waals surface area contributed by atoms with Crippen molar-refractivity contribution in [3.05, 3.63) is 53.1 Å². The predicted molar refractivity (Wildman–Crippen MR) is 120 cm³/mol. The Morgan fingerprint density at radius 2 is 1.51 bits per heavy atom. The van der Waals surface area contributed by atoms with E-state index in [9.17, 15) is 39.9 Å². The molecule has 1 heterocycles. The van der Waals surface area contributed by atoms with Gasteiger partial charge in [0.25, 0.3) is 5.60 Å². The van der Waals surface area contributed by atoms with E-state index in [1.807, 2.05) is 13.0 Å². The van der Waals surface area contributed by atoms with Crippen molar-refractivity contribution in [2.75, 3.05) is 24.2 Å². The molecule has 2 aromatic rings. The van der Waals surface area contributed by atoms with Gasteiger partial charge in [-0.25, -0.2) is 8.42 Å². The van der Waals surface area contributed by atoms with Crippen LogP contribution in [-0.4, -0.2) is 50.5 Å². The zero-order valence-corrected chi connectivity index (χ0v) is 20.1. The van der Waals surface area contributed by atoms with E-state index in [2.05, 4.69) is 4.90 Å². The van der Waals surface area contributed by atoms with Crippen molar-refractivity contribution in [3.63, 3.8) is 0 Å². The minimum Gasteiger partial charge on any atom is -0.370 e. The van der Waals surface area contributed by atoms with E-state index in [0.717, 1.165) is 17.3 Å². The van der Waals surface area contributed by atoms with Crippen LogP contribution in [0.4, 0.5) is 32.0 Å². The standard InChI is InChI=1S/C24H25F6NO3S/c1-14-9-16(22(32,23(25,26)27)24(28,29)30)7-8-18(14)19-5-4-6-20(15(19)2)31-12-21(13-31)10-17(11-21)35(3,33)34/h4-9,17,32H,10-13H2,1-3H3. The van der Waals surface area contributed by atoms with Crippen molar-refractivity contribution in [1.82, 2.24) is 0 Å². The van der Waals surface area contributed by atoms with E-state index in [1.54, 1.807) is 12.1 Å². The van der Waals surface area contributed by atoms with Gasteiger partial charge in [0.15, 0.2) is 0 Å². The fourth-order valence-electron chi connectivity index (χ4n) is 5.34. The molecule has 1 saturated carbocycles. The van der Waals surface area contributed by atoms with E-state index in [1.165, 1.54) is 19.2 Å². The van der Waals surface area contributed by atoms with Crippen LogP contribution in [0.3, 0.4) is 0 Å². The average Bonchev–Trinajstić information content (AvgIpc) is 2.63. The van der Waals surface area contributed by atoms with Crippen LogP contribution in [0.15, 0.2) is 36.4 Å². The highest BCUT2D eigenvalue weighted by Gasteiger charge is 2.71. The van der Waals surface area contributed by atoms with Gasteiger partial charge in [-0.2, -0.15) is 26.3 Å². The fourth-order valence-corrected chi connectivity index (χ4v) is 6.65. The van der Waals surface area contributed by atoms with Crippen LogP contribution >= 0.6 is 0 Å². The van der Waals surface area contributed by atoms with Gasteiger partial charge in [-0.1, -0.05) is 30.3 Å². The van der Waals surface area contributed by atoms with Crippen LogP contribution in [-0.2, 0) is 15.4 Å². The van der Waals surface area contributed by atoms with Crippen LogP contribution in [0.5, 0.6) is 0 Å². The first kappa shape index (κ1) is 25.8. The van der Waals surface area contributed by atoms with Gasteiger partial charge in [-0.15, -0.1) is 0 Å². The number of nitrogens with zero attached hydrogens (tertiary/aromatic N) is 1. The van der Waals surface area contributed by atoms with Crippen molar-refractivity contribution in [3.8, 4) is 11.1 Å². The number of aryl methyl sites for hydroxylation is 1. The van der Waals surface area contributed by atoms with Crippen LogP contribution in [0.2, 0.25) is 0 Å². The number of halogens is 6. The van der Waals surface area contributed by atoms with E-state index >= 15 is 0 Å². The molecular formula is C24H25F6NO3S. The van der Waals surface area contributed by atoms with Crippen LogP contribution in [0.1, 0.15) is 29.5 Å². The Kier molecular flexibility index (Phi) is 5.80. The highest BCUT2D eigenvalue weighted by molar-refractivity contribution is 7.91. The molecule has 1 aliphatic heterocycles. The number of hydrogen-bond acceptors (Lipinski definition) is 4. The molecule has 1 N–H and O–H groups in total. The van der Waals surface area contributed by atoms with Gasteiger partial charge >= 0.3 is 12.4 Å². The SMILES string of the molecule is Cc1cc(C(O)(C(F)(F)F)C(F)(F)F)ccc1-c1cccc(N2CC3(CC(S(C)(=O)=O)C3)C2)c1C. The Hall–Kier alpha value is -2.27. The summed E-state index contributed by atoms with van der Waals surface area (Å²) in [6, 6.07) is 7.93.